The van der Waals surface area contributed by atoms with E-state index in [0.29, 0.717) is 11.4 Å². The standard InChI is InChI=1S/C7H9N3OS/c8-5(4-12)7(11)6-2-1-3-9-10-6/h1-3,5,12H,4,8H2/p+1/t5-/m0/s1. The van der Waals surface area contributed by atoms with E-state index in [-0.39, 0.29) is 5.78 Å². The van der Waals surface area contributed by atoms with Gasteiger partial charge in [-0.15, -0.1) is 5.10 Å². The number of nitrogens with one attached hydrogen (secondary N) is 1. The van der Waals surface area contributed by atoms with Gasteiger partial charge in [0.2, 0.25) is 5.78 Å². The van der Waals surface area contributed by atoms with Crippen molar-refractivity contribution in [2.24, 2.45) is 5.73 Å². The van der Waals surface area contributed by atoms with Crippen LogP contribution in [-0.2, 0) is 0 Å². The number of rotatable bonds is 3. The fourth-order valence-electron chi connectivity index (χ4n) is 0.736. The molecular weight excluding hydrogens is 174 g/mol. The lowest BCUT2D eigenvalue weighted by Crippen LogP contribution is -2.33. The molecule has 0 fully saturated rings. The summed E-state index contributed by atoms with van der Waals surface area (Å²) in [4.78, 5) is 11.3. The molecule has 0 aliphatic carbocycles. The molecule has 3 N–H and O–H groups in total. The van der Waals surface area contributed by atoms with E-state index in [9.17, 15) is 4.79 Å². The monoisotopic (exact) mass is 184 g/mol. The van der Waals surface area contributed by atoms with Gasteiger partial charge in [0.05, 0.1) is 6.04 Å². The first-order valence-electron chi connectivity index (χ1n) is 3.49. The summed E-state index contributed by atoms with van der Waals surface area (Å²) in [5.41, 5.74) is 5.82. The molecule has 4 nitrogen and oxygen atoms in total. The first kappa shape index (κ1) is 9.15. The lowest BCUT2D eigenvalue weighted by atomic mass is 10.1. The van der Waals surface area contributed by atoms with Crippen LogP contribution in [0.25, 0.3) is 0 Å². The molecule has 1 aromatic heterocycles. The number of nitrogens with two attached hydrogens (primary N) is 1. The molecule has 1 heterocycles. The summed E-state index contributed by atoms with van der Waals surface area (Å²) >= 11 is 3.92. The number of aromatic nitrogens is 2. The Labute approximate surface area is 75.6 Å². The van der Waals surface area contributed by atoms with Gasteiger partial charge in [-0.25, -0.2) is 0 Å². The molecule has 0 radical (unpaired) electrons. The molecule has 0 saturated heterocycles. The van der Waals surface area contributed by atoms with E-state index in [1.807, 2.05) is 0 Å². The van der Waals surface area contributed by atoms with Crippen molar-refractivity contribution in [1.29, 1.82) is 0 Å². The second-order valence-electron chi connectivity index (χ2n) is 2.31. The normalized spacial score (nSPS) is 12.5. The van der Waals surface area contributed by atoms with E-state index in [4.69, 9.17) is 5.73 Å². The quantitative estimate of drug-likeness (QED) is 0.484. The van der Waals surface area contributed by atoms with Crippen LogP contribution in [0.4, 0.5) is 0 Å². The van der Waals surface area contributed by atoms with Crippen LogP contribution in [0.5, 0.6) is 0 Å². The molecule has 0 aromatic carbocycles. The smallest absolute Gasteiger partial charge is 0.204 e. The summed E-state index contributed by atoms with van der Waals surface area (Å²) in [6.45, 7) is 0. The third kappa shape index (κ3) is 2.02. The van der Waals surface area contributed by atoms with Crippen LogP contribution in [0, 0.1) is 0 Å². The number of aromatic amines is 1. The number of nitrogens with zero attached hydrogens (tertiary/aromatic N) is 1. The van der Waals surface area contributed by atoms with Gasteiger partial charge >= 0.3 is 0 Å². The number of thiol groups is 1. The van der Waals surface area contributed by atoms with Gasteiger partial charge in [0.1, 0.15) is 0 Å². The molecule has 12 heavy (non-hydrogen) atoms. The Balaban J connectivity index is 2.79. The Hall–Kier alpha value is -0.940. The summed E-state index contributed by atoms with van der Waals surface area (Å²) in [7, 11) is 0. The van der Waals surface area contributed by atoms with Crippen molar-refractivity contribution in [2.45, 2.75) is 6.04 Å². The van der Waals surface area contributed by atoms with Gasteiger partial charge in [0.15, 0.2) is 11.9 Å². The number of carbonyl (C=O) groups is 1. The Morgan fingerprint density at radius 2 is 2.58 bits per heavy atom. The minimum Gasteiger partial charge on any atom is -0.320 e. The predicted octanol–water partition coefficient (Wildman–Crippen LogP) is -0.665. The highest BCUT2D eigenvalue weighted by Gasteiger charge is 2.16. The number of hydrogen-bond donors (Lipinski definition) is 2. The minimum atomic E-state index is -0.573. The second kappa shape index (κ2) is 4.18. The van der Waals surface area contributed by atoms with Crippen LogP contribution in [0.3, 0.4) is 0 Å². The van der Waals surface area contributed by atoms with Crippen LogP contribution in [0.2, 0.25) is 0 Å². The van der Waals surface area contributed by atoms with Gasteiger partial charge in [-0.1, -0.05) is 0 Å². The van der Waals surface area contributed by atoms with Crippen molar-refractivity contribution in [1.82, 2.24) is 5.10 Å². The Morgan fingerprint density at radius 1 is 1.83 bits per heavy atom. The maximum absolute atomic E-state index is 11.3. The van der Waals surface area contributed by atoms with Crippen LogP contribution >= 0.6 is 12.6 Å². The number of hydrogen-bond acceptors (Lipinski definition) is 4. The number of ketones is 1. The summed E-state index contributed by atoms with van der Waals surface area (Å²) in [6.07, 6.45) is 1.63. The summed E-state index contributed by atoms with van der Waals surface area (Å²) < 4.78 is 0. The van der Waals surface area contributed by atoms with Gasteiger partial charge in [-0.3, -0.25) is 4.79 Å². The van der Waals surface area contributed by atoms with E-state index in [1.54, 1.807) is 18.3 Å². The molecule has 0 unspecified atom stereocenters. The second-order valence-corrected chi connectivity index (χ2v) is 2.67. The molecule has 0 amide bonds. The Morgan fingerprint density at radius 3 is 3.08 bits per heavy atom. The van der Waals surface area contributed by atoms with Crippen molar-refractivity contribution in [3.63, 3.8) is 0 Å². The van der Waals surface area contributed by atoms with Crippen molar-refractivity contribution in [2.75, 3.05) is 5.75 Å². The maximum Gasteiger partial charge on any atom is 0.204 e. The van der Waals surface area contributed by atoms with Crippen molar-refractivity contribution < 1.29 is 9.89 Å². The van der Waals surface area contributed by atoms with Crippen LogP contribution in [-0.4, -0.2) is 22.7 Å². The lowest BCUT2D eigenvalue weighted by Gasteiger charge is -2.02. The highest BCUT2D eigenvalue weighted by molar-refractivity contribution is 7.80. The molecule has 0 bridgehead atoms. The third-order valence-corrected chi connectivity index (χ3v) is 1.79. The zero-order valence-electron chi connectivity index (χ0n) is 6.40. The molecule has 64 valence electrons. The molecule has 0 saturated carbocycles. The Kier molecular flexibility index (Phi) is 3.19. The van der Waals surface area contributed by atoms with E-state index >= 15 is 0 Å². The van der Waals surface area contributed by atoms with Crippen LogP contribution in [0.1, 0.15) is 10.5 Å². The fraction of sp³-hybridized carbons (Fsp3) is 0.286. The van der Waals surface area contributed by atoms with E-state index < -0.39 is 6.04 Å². The summed E-state index contributed by atoms with van der Waals surface area (Å²) in [6, 6.07) is 2.74. The van der Waals surface area contributed by atoms with Crippen LogP contribution < -0.4 is 10.8 Å². The number of Topliss-reactive ketones (excluding diaryl/α,β-unsaturated/α-hetero) is 1. The van der Waals surface area contributed by atoms with E-state index in [2.05, 4.69) is 22.8 Å². The van der Waals surface area contributed by atoms with Gasteiger partial charge in [-0.05, 0) is 6.07 Å². The molecule has 1 aromatic rings. The van der Waals surface area contributed by atoms with Crippen LogP contribution in [0.15, 0.2) is 18.3 Å². The molecule has 1 atom stereocenters. The minimum absolute atomic E-state index is 0.193. The first-order valence-corrected chi connectivity index (χ1v) is 4.12. The zero-order valence-corrected chi connectivity index (χ0v) is 7.29. The molecular formula is C7H10N3OS+. The largest absolute Gasteiger partial charge is 0.320 e. The average Bonchev–Trinajstić information content (AvgIpc) is 2.17. The summed E-state index contributed by atoms with van der Waals surface area (Å²) in [5, 5.41) is 6.33. The van der Waals surface area contributed by atoms with Crippen molar-refractivity contribution in [3.8, 4) is 0 Å². The van der Waals surface area contributed by atoms with Gasteiger partial charge < -0.3 is 5.73 Å². The third-order valence-electron chi connectivity index (χ3n) is 1.40. The van der Waals surface area contributed by atoms with Gasteiger partial charge in [0.25, 0.3) is 0 Å². The number of H-pyrrole nitrogens is 1. The SMILES string of the molecule is N[C@@H](CS)C(=O)c1ccc[nH+]n1. The first-order chi connectivity index (χ1) is 5.75. The molecule has 0 spiro atoms. The molecule has 5 heteroatoms. The highest BCUT2D eigenvalue weighted by Crippen LogP contribution is 1.96. The summed E-state index contributed by atoms with van der Waals surface area (Å²) in [5.74, 6) is 0.136. The fourth-order valence-corrected chi connectivity index (χ4v) is 0.902. The molecule has 0 aliphatic rings. The predicted molar refractivity (Wildman–Crippen MR) is 47.0 cm³/mol. The number of carbonyl (C=O) groups excluding carboxylic acids is 1. The van der Waals surface area contributed by atoms with Gasteiger partial charge in [0, 0.05) is 16.9 Å². The lowest BCUT2D eigenvalue weighted by molar-refractivity contribution is -0.455. The van der Waals surface area contributed by atoms with E-state index in [1.165, 1.54) is 0 Å². The van der Waals surface area contributed by atoms with Gasteiger partial charge in [-0.2, -0.15) is 12.6 Å². The van der Waals surface area contributed by atoms with E-state index in [0.717, 1.165) is 0 Å². The molecule has 0 aliphatic heterocycles. The van der Waals surface area contributed by atoms with Crippen molar-refractivity contribution in [3.05, 3.63) is 24.0 Å². The molecule has 1 rings (SSSR count). The highest BCUT2D eigenvalue weighted by atomic mass is 32.1. The average molecular weight is 184 g/mol. The maximum atomic E-state index is 11.3. The topological polar surface area (TPSA) is 70.1 Å². The zero-order chi connectivity index (χ0) is 8.97. The Bertz CT molecular complexity index is 265. The van der Waals surface area contributed by atoms with Crippen molar-refractivity contribution >= 4 is 18.4 Å².